The van der Waals surface area contributed by atoms with Crippen LogP contribution in [0.5, 0.6) is 0 Å². The molecule has 1 unspecified atom stereocenters. The molecule has 3 N–H and O–H groups in total. The van der Waals surface area contributed by atoms with Crippen LogP contribution in [0.15, 0.2) is 18.2 Å². The maximum Gasteiger partial charge on any atom is 0.251 e. The first kappa shape index (κ1) is 17.5. The molecule has 1 aliphatic carbocycles. The van der Waals surface area contributed by atoms with E-state index in [-0.39, 0.29) is 36.9 Å². The van der Waals surface area contributed by atoms with E-state index >= 15 is 0 Å². The Labute approximate surface area is 137 Å². The summed E-state index contributed by atoms with van der Waals surface area (Å²) < 4.78 is 0. The van der Waals surface area contributed by atoms with Gasteiger partial charge in [0.2, 0.25) is 5.91 Å². The molecule has 0 bridgehead atoms. The van der Waals surface area contributed by atoms with Crippen molar-refractivity contribution in [1.82, 2.24) is 10.6 Å². The molecule has 0 aliphatic heterocycles. The summed E-state index contributed by atoms with van der Waals surface area (Å²) >= 11 is 0. The van der Waals surface area contributed by atoms with Gasteiger partial charge in [0.05, 0.1) is 6.54 Å². The zero-order chi connectivity index (χ0) is 16.8. The second kappa shape index (κ2) is 8.11. The second-order valence-corrected chi connectivity index (χ2v) is 6.45. The van der Waals surface area contributed by atoms with Crippen molar-refractivity contribution in [3.8, 4) is 0 Å². The summed E-state index contributed by atoms with van der Waals surface area (Å²) in [5, 5.41) is 14.5. The van der Waals surface area contributed by atoms with Crippen molar-refractivity contribution in [2.45, 2.75) is 45.6 Å². The van der Waals surface area contributed by atoms with Gasteiger partial charge in [-0.15, -0.1) is 0 Å². The van der Waals surface area contributed by atoms with Crippen LogP contribution in [-0.4, -0.2) is 36.1 Å². The van der Waals surface area contributed by atoms with Gasteiger partial charge in [0, 0.05) is 18.2 Å². The van der Waals surface area contributed by atoms with E-state index in [0.29, 0.717) is 12.0 Å². The molecule has 0 saturated heterocycles. The molecule has 1 aliphatic rings. The van der Waals surface area contributed by atoms with E-state index in [1.807, 2.05) is 32.0 Å². The summed E-state index contributed by atoms with van der Waals surface area (Å²) in [5.74, 6) is -0.219. The van der Waals surface area contributed by atoms with Crippen molar-refractivity contribution in [3.05, 3.63) is 34.9 Å². The lowest BCUT2D eigenvalue weighted by Crippen LogP contribution is -2.44. The first-order valence-corrected chi connectivity index (χ1v) is 8.31. The summed E-state index contributed by atoms with van der Waals surface area (Å²) in [7, 11) is 0. The standard InChI is InChI=1S/C18H26N2O3/c1-12(2)16(8-9-21)20-17(22)11-19-18(23)15-7-6-13-4-3-5-14(13)10-15/h6-7,10,12,16,21H,3-5,8-9,11H2,1-2H3,(H,19,23)(H,20,22). The van der Waals surface area contributed by atoms with Gasteiger partial charge >= 0.3 is 0 Å². The van der Waals surface area contributed by atoms with Gasteiger partial charge in [-0.25, -0.2) is 0 Å². The number of benzene rings is 1. The normalized spacial score (nSPS) is 14.4. The highest BCUT2D eigenvalue weighted by atomic mass is 16.3. The highest BCUT2D eigenvalue weighted by Gasteiger charge is 2.17. The zero-order valence-electron chi connectivity index (χ0n) is 13.9. The number of rotatable bonds is 7. The molecule has 0 radical (unpaired) electrons. The van der Waals surface area contributed by atoms with Crippen molar-refractivity contribution >= 4 is 11.8 Å². The fourth-order valence-corrected chi connectivity index (χ4v) is 2.94. The molecule has 2 rings (SSSR count). The van der Waals surface area contributed by atoms with Crippen molar-refractivity contribution in [1.29, 1.82) is 0 Å². The molecular formula is C18H26N2O3. The molecule has 0 spiro atoms. The fraction of sp³-hybridized carbons (Fsp3) is 0.556. The molecule has 1 aromatic carbocycles. The number of fused-ring (bicyclic) bond motifs is 1. The monoisotopic (exact) mass is 318 g/mol. The van der Waals surface area contributed by atoms with Gasteiger partial charge in [0.25, 0.3) is 5.91 Å². The van der Waals surface area contributed by atoms with Gasteiger partial charge in [0.1, 0.15) is 0 Å². The molecule has 126 valence electrons. The molecular weight excluding hydrogens is 292 g/mol. The van der Waals surface area contributed by atoms with Gasteiger partial charge < -0.3 is 15.7 Å². The number of aliphatic hydroxyl groups excluding tert-OH is 1. The molecule has 1 aromatic rings. The topological polar surface area (TPSA) is 78.4 Å². The van der Waals surface area contributed by atoms with Crippen LogP contribution in [0.4, 0.5) is 0 Å². The third-order valence-corrected chi connectivity index (χ3v) is 4.36. The number of carbonyl (C=O) groups excluding carboxylic acids is 2. The smallest absolute Gasteiger partial charge is 0.251 e. The predicted molar refractivity (Wildman–Crippen MR) is 89.3 cm³/mol. The van der Waals surface area contributed by atoms with E-state index < -0.39 is 0 Å². The third-order valence-electron chi connectivity index (χ3n) is 4.36. The molecule has 5 heteroatoms. The molecule has 0 aromatic heterocycles. The van der Waals surface area contributed by atoms with E-state index in [4.69, 9.17) is 5.11 Å². The van der Waals surface area contributed by atoms with E-state index in [9.17, 15) is 9.59 Å². The highest BCUT2D eigenvalue weighted by Crippen LogP contribution is 2.22. The van der Waals surface area contributed by atoms with Crippen LogP contribution in [0.25, 0.3) is 0 Å². The van der Waals surface area contributed by atoms with Crippen LogP contribution in [0, 0.1) is 5.92 Å². The third kappa shape index (κ3) is 4.79. The number of hydrogen-bond donors (Lipinski definition) is 3. The van der Waals surface area contributed by atoms with E-state index in [1.54, 1.807) is 0 Å². The zero-order valence-corrected chi connectivity index (χ0v) is 13.9. The number of aliphatic hydroxyl groups is 1. The SMILES string of the molecule is CC(C)C(CCO)NC(=O)CNC(=O)c1ccc2c(c1)CCC2. The molecule has 0 saturated carbocycles. The van der Waals surface area contributed by atoms with Gasteiger partial charge in [-0.1, -0.05) is 19.9 Å². The van der Waals surface area contributed by atoms with Crippen molar-refractivity contribution in [2.24, 2.45) is 5.92 Å². The fourth-order valence-electron chi connectivity index (χ4n) is 2.94. The lowest BCUT2D eigenvalue weighted by molar-refractivity contribution is -0.121. The van der Waals surface area contributed by atoms with Gasteiger partial charge in [-0.05, 0) is 54.9 Å². The van der Waals surface area contributed by atoms with Gasteiger partial charge in [-0.3, -0.25) is 9.59 Å². The van der Waals surface area contributed by atoms with Crippen LogP contribution in [0.1, 0.15) is 48.2 Å². The molecule has 5 nitrogen and oxygen atoms in total. The lowest BCUT2D eigenvalue weighted by Gasteiger charge is -2.21. The second-order valence-electron chi connectivity index (χ2n) is 6.45. The van der Waals surface area contributed by atoms with Crippen molar-refractivity contribution < 1.29 is 14.7 Å². The van der Waals surface area contributed by atoms with Crippen LogP contribution >= 0.6 is 0 Å². The molecule has 23 heavy (non-hydrogen) atoms. The number of amides is 2. The Balaban J connectivity index is 1.85. The van der Waals surface area contributed by atoms with E-state index in [1.165, 1.54) is 11.1 Å². The molecule has 2 amide bonds. The Morgan fingerprint density at radius 3 is 2.65 bits per heavy atom. The van der Waals surface area contributed by atoms with Gasteiger partial charge in [-0.2, -0.15) is 0 Å². The van der Waals surface area contributed by atoms with Crippen molar-refractivity contribution in [2.75, 3.05) is 13.2 Å². The Morgan fingerprint density at radius 2 is 1.96 bits per heavy atom. The maximum atomic E-state index is 12.2. The maximum absolute atomic E-state index is 12.2. The molecule has 0 fully saturated rings. The minimum atomic E-state index is -0.230. The molecule has 0 heterocycles. The Bertz CT molecular complexity index is 569. The first-order valence-electron chi connectivity index (χ1n) is 8.31. The van der Waals surface area contributed by atoms with E-state index in [2.05, 4.69) is 10.6 Å². The largest absolute Gasteiger partial charge is 0.396 e. The lowest BCUT2D eigenvalue weighted by atomic mass is 10.0. The number of aryl methyl sites for hydroxylation is 2. The summed E-state index contributed by atoms with van der Waals surface area (Å²) in [6.45, 7) is 3.96. The Hall–Kier alpha value is -1.88. The average Bonchev–Trinajstić information content (AvgIpc) is 2.99. The van der Waals surface area contributed by atoms with Gasteiger partial charge in [0.15, 0.2) is 0 Å². The first-order chi connectivity index (χ1) is 11.0. The summed E-state index contributed by atoms with van der Waals surface area (Å²) in [6, 6.07) is 5.68. The van der Waals surface area contributed by atoms with Crippen LogP contribution < -0.4 is 10.6 Å². The van der Waals surface area contributed by atoms with Crippen LogP contribution in [0.2, 0.25) is 0 Å². The van der Waals surface area contributed by atoms with E-state index in [0.717, 1.165) is 19.3 Å². The van der Waals surface area contributed by atoms with Crippen LogP contribution in [-0.2, 0) is 17.6 Å². The quantitative estimate of drug-likeness (QED) is 0.711. The number of nitrogens with one attached hydrogen (secondary N) is 2. The Morgan fingerprint density at radius 1 is 1.22 bits per heavy atom. The minimum absolute atomic E-state index is 0.0324. The highest BCUT2D eigenvalue weighted by molar-refractivity contribution is 5.96. The number of hydrogen-bond acceptors (Lipinski definition) is 3. The average molecular weight is 318 g/mol. The van der Waals surface area contributed by atoms with Crippen molar-refractivity contribution in [3.63, 3.8) is 0 Å². The summed E-state index contributed by atoms with van der Waals surface area (Å²) in [6.07, 6.45) is 3.77. The number of carbonyl (C=O) groups is 2. The minimum Gasteiger partial charge on any atom is -0.396 e. The Kier molecular flexibility index (Phi) is 6.16. The van der Waals surface area contributed by atoms with Crippen LogP contribution in [0.3, 0.4) is 0 Å². The molecule has 1 atom stereocenters. The summed E-state index contributed by atoms with van der Waals surface area (Å²) in [4.78, 5) is 24.1. The summed E-state index contributed by atoms with van der Waals surface area (Å²) in [5.41, 5.74) is 3.17. The predicted octanol–water partition coefficient (Wildman–Crippen LogP) is 1.43.